The molecule has 0 bridgehead atoms. The molecule has 0 aromatic heterocycles. The van der Waals surface area contributed by atoms with Gasteiger partial charge in [0.15, 0.2) is 11.6 Å². The molecule has 0 unspecified atom stereocenters. The van der Waals surface area contributed by atoms with E-state index < -0.39 is 17.5 Å². The average Bonchev–Trinajstić information content (AvgIpc) is 2.41. The molecule has 0 spiro atoms. The van der Waals surface area contributed by atoms with Gasteiger partial charge in [-0.3, -0.25) is 5.41 Å². The highest BCUT2D eigenvalue weighted by molar-refractivity contribution is 5.96. The third-order valence-electron chi connectivity index (χ3n) is 2.66. The standard InChI is InChI=1S/C14H11F3N2O/c15-9-5-4-8(10(6-9)14(18)19)7-20-12-3-1-2-11(16)13(12)17/h1-6H,7H2,(H3,18,19). The lowest BCUT2D eigenvalue weighted by Crippen LogP contribution is -2.15. The summed E-state index contributed by atoms with van der Waals surface area (Å²) in [6, 6.07) is 7.19. The van der Waals surface area contributed by atoms with E-state index in [-0.39, 0.29) is 23.8 Å². The summed E-state index contributed by atoms with van der Waals surface area (Å²) in [4.78, 5) is 0. The van der Waals surface area contributed by atoms with Crippen LogP contribution in [0.25, 0.3) is 0 Å². The third-order valence-corrected chi connectivity index (χ3v) is 2.66. The van der Waals surface area contributed by atoms with Crippen molar-refractivity contribution in [2.24, 2.45) is 5.73 Å². The van der Waals surface area contributed by atoms with E-state index in [9.17, 15) is 13.2 Å². The molecule has 104 valence electrons. The topological polar surface area (TPSA) is 59.1 Å². The molecule has 20 heavy (non-hydrogen) atoms. The van der Waals surface area contributed by atoms with Crippen LogP contribution in [-0.4, -0.2) is 5.84 Å². The molecule has 6 heteroatoms. The minimum atomic E-state index is -1.10. The summed E-state index contributed by atoms with van der Waals surface area (Å²) in [7, 11) is 0. The molecule has 3 nitrogen and oxygen atoms in total. The van der Waals surface area contributed by atoms with Gasteiger partial charge < -0.3 is 10.5 Å². The Labute approximate surface area is 113 Å². The number of rotatable bonds is 4. The fourth-order valence-corrected chi connectivity index (χ4v) is 1.68. The predicted molar refractivity (Wildman–Crippen MR) is 68.1 cm³/mol. The van der Waals surface area contributed by atoms with Gasteiger partial charge >= 0.3 is 0 Å². The molecule has 0 aliphatic carbocycles. The highest BCUT2D eigenvalue weighted by Gasteiger charge is 2.11. The zero-order chi connectivity index (χ0) is 14.7. The van der Waals surface area contributed by atoms with Crippen LogP contribution in [0.5, 0.6) is 5.75 Å². The van der Waals surface area contributed by atoms with E-state index in [4.69, 9.17) is 15.9 Å². The van der Waals surface area contributed by atoms with Crippen LogP contribution in [0, 0.1) is 22.9 Å². The second-order valence-corrected chi connectivity index (χ2v) is 4.06. The van der Waals surface area contributed by atoms with Crippen molar-refractivity contribution in [3.63, 3.8) is 0 Å². The largest absolute Gasteiger partial charge is 0.486 e. The van der Waals surface area contributed by atoms with Crippen LogP contribution in [0.15, 0.2) is 36.4 Å². The van der Waals surface area contributed by atoms with E-state index in [1.807, 2.05) is 0 Å². The molecule has 0 amide bonds. The summed E-state index contributed by atoms with van der Waals surface area (Å²) in [5.41, 5.74) is 5.89. The van der Waals surface area contributed by atoms with E-state index >= 15 is 0 Å². The van der Waals surface area contributed by atoms with E-state index in [2.05, 4.69) is 0 Å². The molecular formula is C14H11F3N2O. The number of hydrogen-bond donors (Lipinski definition) is 2. The third kappa shape index (κ3) is 2.90. The lowest BCUT2D eigenvalue weighted by atomic mass is 10.1. The van der Waals surface area contributed by atoms with Crippen LogP contribution in [0.4, 0.5) is 13.2 Å². The molecule has 2 aromatic rings. The lowest BCUT2D eigenvalue weighted by Gasteiger charge is -2.11. The van der Waals surface area contributed by atoms with Gasteiger partial charge in [0.1, 0.15) is 18.3 Å². The summed E-state index contributed by atoms with van der Waals surface area (Å²) in [5.74, 6) is -3.25. The first-order valence-electron chi connectivity index (χ1n) is 5.68. The van der Waals surface area contributed by atoms with Crippen molar-refractivity contribution >= 4 is 5.84 Å². The van der Waals surface area contributed by atoms with Crippen LogP contribution in [0.3, 0.4) is 0 Å². The van der Waals surface area contributed by atoms with Crippen molar-refractivity contribution in [2.75, 3.05) is 0 Å². The Hall–Kier alpha value is -2.50. The fourth-order valence-electron chi connectivity index (χ4n) is 1.68. The number of benzene rings is 2. The summed E-state index contributed by atoms with van der Waals surface area (Å²) in [6.07, 6.45) is 0. The van der Waals surface area contributed by atoms with E-state index in [1.165, 1.54) is 24.3 Å². The molecule has 0 fully saturated rings. The normalized spacial score (nSPS) is 10.3. The second kappa shape index (κ2) is 5.64. The van der Waals surface area contributed by atoms with Gasteiger partial charge in [-0.25, -0.2) is 8.78 Å². The maximum atomic E-state index is 13.4. The van der Waals surface area contributed by atoms with E-state index in [0.717, 1.165) is 12.1 Å². The molecule has 3 N–H and O–H groups in total. The number of hydrogen-bond acceptors (Lipinski definition) is 2. The zero-order valence-electron chi connectivity index (χ0n) is 10.3. The highest BCUT2D eigenvalue weighted by Crippen LogP contribution is 2.21. The van der Waals surface area contributed by atoms with Gasteiger partial charge in [0.05, 0.1) is 0 Å². The molecule has 0 atom stereocenters. The van der Waals surface area contributed by atoms with E-state index in [1.54, 1.807) is 0 Å². The second-order valence-electron chi connectivity index (χ2n) is 4.06. The van der Waals surface area contributed by atoms with Crippen molar-refractivity contribution in [3.05, 3.63) is 65.0 Å². The first-order valence-corrected chi connectivity index (χ1v) is 5.68. The number of amidine groups is 1. The summed E-state index contributed by atoms with van der Waals surface area (Å²) in [5, 5.41) is 7.35. The smallest absolute Gasteiger partial charge is 0.200 e. The maximum Gasteiger partial charge on any atom is 0.200 e. The van der Waals surface area contributed by atoms with Gasteiger partial charge in [-0.15, -0.1) is 0 Å². The summed E-state index contributed by atoms with van der Waals surface area (Å²) in [6.45, 7) is -0.157. The van der Waals surface area contributed by atoms with Crippen LogP contribution in [0.2, 0.25) is 0 Å². The molecule has 0 aliphatic heterocycles. The Morgan fingerprint density at radius 3 is 2.60 bits per heavy atom. The zero-order valence-corrected chi connectivity index (χ0v) is 10.3. The maximum absolute atomic E-state index is 13.4. The van der Waals surface area contributed by atoms with Crippen molar-refractivity contribution in [2.45, 2.75) is 6.61 Å². The average molecular weight is 280 g/mol. The number of halogens is 3. The number of nitrogens with one attached hydrogen (secondary N) is 1. The molecule has 2 rings (SSSR count). The van der Waals surface area contributed by atoms with Crippen molar-refractivity contribution in [3.8, 4) is 5.75 Å². The van der Waals surface area contributed by atoms with E-state index in [0.29, 0.717) is 5.56 Å². The molecule has 2 aromatic carbocycles. The molecule has 0 radical (unpaired) electrons. The van der Waals surface area contributed by atoms with Crippen LogP contribution in [0.1, 0.15) is 11.1 Å². The number of nitrogen functional groups attached to an aromatic ring is 1. The Balaban J connectivity index is 2.23. The first-order chi connectivity index (χ1) is 9.49. The Bertz CT molecular complexity index is 659. The molecule has 0 aliphatic rings. The van der Waals surface area contributed by atoms with Crippen molar-refractivity contribution < 1.29 is 17.9 Å². The highest BCUT2D eigenvalue weighted by atomic mass is 19.2. The van der Waals surface area contributed by atoms with Crippen LogP contribution < -0.4 is 10.5 Å². The van der Waals surface area contributed by atoms with Crippen molar-refractivity contribution in [1.29, 1.82) is 5.41 Å². The minimum Gasteiger partial charge on any atom is -0.486 e. The fraction of sp³-hybridized carbons (Fsp3) is 0.0714. The Morgan fingerprint density at radius 1 is 1.15 bits per heavy atom. The number of ether oxygens (including phenoxy) is 1. The predicted octanol–water partition coefficient (Wildman–Crippen LogP) is 2.97. The molecule has 0 heterocycles. The molecular weight excluding hydrogens is 269 g/mol. The molecule has 0 saturated heterocycles. The SMILES string of the molecule is N=C(N)c1cc(F)ccc1COc1cccc(F)c1F. The van der Waals surface area contributed by atoms with Gasteiger partial charge in [-0.1, -0.05) is 12.1 Å². The quantitative estimate of drug-likeness (QED) is 0.668. The van der Waals surface area contributed by atoms with Gasteiger partial charge in [0.2, 0.25) is 5.82 Å². The monoisotopic (exact) mass is 280 g/mol. The molecule has 0 saturated carbocycles. The number of nitrogens with two attached hydrogens (primary N) is 1. The van der Waals surface area contributed by atoms with Gasteiger partial charge in [-0.05, 0) is 24.3 Å². The van der Waals surface area contributed by atoms with Gasteiger partial charge in [0, 0.05) is 11.1 Å². The lowest BCUT2D eigenvalue weighted by molar-refractivity contribution is 0.284. The minimum absolute atomic E-state index is 0.154. The Kier molecular flexibility index (Phi) is 3.93. The van der Waals surface area contributed by atoms with Gasteiger partial charge in [-0.2, -0.15) is 4.39 Å². The van der Waals surface area contributed by atoms with Crippen LogP contribution in [-0.2, 0) is 6.61 Å². The first kappa shape index (κ1) is 13.9. The van der Waals surface area contributed by atoms with Crippen LogP contribution >= 0.6 is 0 Å². The Morgan fingerprint density at radius 2 is 1.90 bits per heavy atom. The van der Waals surface area contributed by atoms with Crippen molar-refractivity contribution in [1.82, 2.24) is 0 Å². The summed E-state index contributed by atoms with van der Waals surface area (Å²) >= 11 is 0. The summed E-state index contributed by atoms with van der Waals surface area (Å²) < 4.78 is 44.6. The van der Waals surface area contributed by atoms with Gasteiger partial charge in [0.25, 0.3) is 0 Å².